The average Bonchev–Trinajstić information content (AvgIpc) is 2.68. The van der Waals surface area contributed by atoms with Crippen molar-refractivity contribution in [1.29, 1.82) is 0 Å². The molecule has 0 amide bonds. The summed E-state index contributed by atoms with van der Waals surface area (Å²) in [6, 6.07) is 4.90. The van der Waals surface area contributed by atoms with Gasteiger partial charge >= 0.3 is 0 Å². The van der Waals surface area contributed by atoms with Crippen molar-refractivity contribution in [2.75, 3.05) is 6.61 Å². The Morgan fingerprint density at radius 1 is 1.44 bits per heavy atom. The molecule has 0 aliphatic heterocycles. The van der Waals surface area contributed by atoms with Crippen molar-refractivity contribution in [3.8, 4) is 0 Å². The molecule has 0 aromatic carbocycles. The molecule has 0 bridgehead atoms. The van der Waals surface area contributed by atoms with Crippen molar-refractivity contribution in [3.63, 3.8) is 0 Å². The largest absolute Gasteiger partial charge is 0.396 e. The van der Waals surface area contributed by atoms with Crippen LogP contribution in [-0.2, 0) is 0 Å². The van der Waals surface area contributed by atoms with Crippen molar-refractivity contribution in [2.45, 2.75) is 46.2 Å². The zero-order valence-electron chi connectivity index (χ0n) is 10.7. The predicted molar refractivity (Wildman–Crippen MR) is 70.8 cm³/mol. The van der Waals surface area contributed by atoms with Gasteiger partial charge in [0, 0.05) is 23.6 Å². The highest BCUT2D eigenvalue weighted by Crippen LogP contribution is 2.26. The highest BCUT2D eigenvalue weighted by Gasteiger charge is 2.23. The Bertz CT molecular complexity index is 289. The third kappa shape index (κ3) is 3.89. The monoisotopic (exact) mass is 241 g/mol. The lowest BCUT2D eigenvalue weighted by Crippen LogP contribution is -2.40. The molecule has 0 saturated carbocycles. The molecule has 0 fully saturated rings. The van der Waals surface area contributed by atoms with Gasteiger partial charge in [-0.3, -0.25) is 0 Å². The van der Waals surface area contributed by atoms with E-state index in [1.165, 1.54) is 4.88 Å². The molecule has 1 aromatic heterocycles. The zero-order valence-corrected chi connectivity index (χ0v) is 11.5. The first-order valence-corrected chi connectivity index (χ1v) is 6.73. The topological polar surface area (TPSA) is 32.3 Å². The van der Waals surface area contributed by atoms with Gasteiger partial charge in [0.1, 0.15) is 0 Å². The van der Waals surface area contributed by atoms with Gasteiger partial charge in [0.15, 0.2) is 0 Å². The van der Waals surface area contributed by atoms with E-state index in [0.717, 1.165) is 6.42 Å². The molecule has 16 heavy (non-hydrogen) atoms. The van der Waals surface area contributed by atoms with Crippen LogP contribution in [-0.4, -0.2) is 17.8 Å². The van der Waals surface area contributed by atoms with Crippen LogP contribution < -0.4 is 5.32 Å². The summed E-state index contributed by atoms with van der Waals surface area (Å²) in [6.07, 6.45) is 0.779. The van der Waals surface area contributed by atoms with Gasteiger partial charge in [-0.2, -0.15) is 0 Å². The third-order valence-corrected chi connectivity index (χ3v) is 4.04. The normalized spacial score (nSPS) is 16.1. The van der Waals surface area contributed by atoms with Crippen molar-refractivity contribution in [3.05, 3.63) is 22.4 Å². The van der Waals surface area contributed by atoms with Gasteiger partial charge in [-0.05, 0) is 30.2 Å². The summed E-state index contributed by atoms with van der Waals surface area (Å²) in [5, 5.41) is 14.8. The summed E-state index contributed by atoms with van der Waals surface area (Å²) in [6.45, 7) is 9.13. The minimum atomic E-state index is 0.229. The molecule has 2 atom stereocenters. The molecule has 1 rings (SSSR count). The van der Waals surface area contributed by atoms with Crippen LogP contribution in [0.2, 0.25) is 0 Å². The van der Waals surface area contributed by atoms with E-state index >= 15 is 0 Å². The van der Waals surface area contributed by atoms with Crippen LogP contribution in [0, 0.1) is 5.41 Å². The molecule has 1 aromatic rings. The molecule has 2 unspecified atom stereocenters. The van der Waals surface area contributed by atoms with Crippen LogP contribution in [0.5, 0.6) is 0 Å². The van der Waals surface area contributed by atoms with Crippen molar-refractivity contribution >= 4 is 11.3 Å². The fraction of sp³-hybridized carbons (Fsp3) is 0.692. The van der Waals surface area contributed by atoms with Crippen molar-refractivity contribution in [1.82, 2.24) is 5.32 Å². The second kappa shape index (κ2) is 5.80. The molecular weight excluding hydrogens is 218 g/mol. The summed E-state index contributed by atoms with van der Waals surface area (Å²) >= 11 is 1.75. The predicted octanol–water partition coefficient (Wildman–Crippen LogP) is 3.20. The van der Waals surface area contributed by atoms with Crippen LogP contribution in [0.4, 0.5) is 0 Å². The van der Waals surface area contributed by atoms with E-state index < -0.39 is 0 Å². The highest BCUT2D eigenvalue weighted by molar-refractivity contribution is 7.10. The van der Waals surface area contributed by atoms with Crippen LogP contribution in [0.25, 0.3) is 0 Å². The fourth-order valence-electron chi connectivity index (χ4n) is 1.48. The lowest BCUT2D eigenvalue weighted by molar-refractivity contribution is 0.226. The number of nitrogens with one attached hydrogen (secondary N) is 1. The van der Waals surface area contributed by atoms with E-state index in [0.29, 0.717) is 6.04 Å². The van der Waals surface area contributed by atoms with E-state index in [2.05, 4.69) is 50.5 Å². The fourth-order valence-corrected chi connectivity index (χ4v) is 2.30. The number of aliphatic hydroxyl groups excluding tert-OH is 1. The highest BCUT2D eigenvalue weighted by atomic mass is 32.1. The van der Waals surface area contributed by atoms with E-state index in [9.17, 15) is 0 Å². The van der Waals surface area contributed by atoms with Gasteiger partial charge in [0.05, 0.1) is 0 Å². The minimum Gasteiger partial charge on any atom is -0.396 e. The molecule has 2 nitrogen and oxygen atoms in total. The minimum absolute atomic E-state index is 0.229. The van der Waals surface area contributed by atoms with Gasteiger partial charge in [0.25, 0.3) is 0 Å². The molecular formula is C13H23NOS. The summed E-state index contributed by atoms with van der Waals surface area (Å²) < 4.78 is 0. The van der Waals surface area contributed by atoms with E-state index in [1.54, 1.807) is 11.3 Å². The summed E-state index contributed by atoms with van der Waals surface area (Å²) in [7, 11) is 0. The second-order valence-electron chi connectivity index (χ2n) is 5.33. The van der Waals surface area contributed by atoms with Gasteiger partial charge in [-0.15, -0.1) is 11.3 Å². The third-order valence-electron chi connectivity index (χ3n) is 3.05. The van der Waals surface area contributed by atoms with Crippen molar-refractivity contribution in [2.24, 2.45) is 5.41 Å². The molecule has 1 heterocycles. The van der Waals surface area contributed by atoms with E-state index in [-0.39, 0.29) is 18.1 Å². The van der Waals surface area contributed by atoms with Gasteiger partial charge in [0.2, 0.25) is 0 Å². The summed E-state index contributed by atoms with van der Waals surface area (Å²) in [5.74, 6) is 0. The molecule has 3 heteroatoms. The zero-order chi connectivity index (χ0) is 12.2. The molecule has 2 N–H and O–H groups in total. The first-order valence-electron chi connectivity index (χ1n) is 5.85. The summed E-state index contributed by atoms with van der Waals surface area (Å²) in [5.41, 5.74) is 0.241. The molecule has 0 spiro atoms. The standard InChI is InChI=1S/C13H23NOS/c1-10(13(2,3)4)14-11(7-8-15)12-6-5-9-16-12/h5-6,9-11,14-15H,7-8H2,1-4H3. The lowest BCUT2D eigenvalue weighted by atomic mass is 9.87. The number of thiophene rings is 1. The molecule has 0 saturated heterocycles. The number of hydrogen-bond acceptors (Lipinski definition) is 3. The lowest BCUT2D eigenvalue weighted by Gasteiger charge is -2.32. The molecule has 0 aliphatic rings. The molecule has 0 aliphatic carbocycles. The Labute approximate surface area is 103 Å². The molecule has 0 radical (unpaired) electrons. The second-order valence-corrected chi connectivity index (χ2v) is 6.31. The Balaban J connectivity index is 2.66. The number of aliphatic hydroxyl groups is 1. The van der Waals surface area contributed by atoms with E-state index in [4.69, 9.17) is 5.11 Å². The maximum absolute atomic E-state index is 9.12. The molecule has 92 valence electrons. The maximum Gasteiger partial charge on any atom is 0.0449 e. The SMILES string of the molecule is CC(NC(CCO)c1cccs1)C(C)(C)C. The van der Waals surface area contributed by atoms with Gasteiger partial charge in [-0.1, -0.05) is 26.8 Å². The van der Waals surface area contributed by atoms with Crippen LogP contribution in [0.1, 0.15) is 45.0 Å². The van der Waals surface area contributed by atoms with Crippen LogP contribution in [0.15, 0.2) is 17.5 Å². The Hall–Kier alpha value is -0.380. The van der Waals surface area contributed by atoms with Gasteiger partial charge < -0.3 is 10.4 Å². The Morgan fingerprint density at radius 3 is 2.56 bits per heavy atom. The number of rotatable bonds is 5. The first-order chi connectivity index (χ1) is 7.45. The maximum atomic E-state index is 9.12. The average molecular weight is 241 g/mol. The Kier molecular flexibility index (Phi) is 4.96. The summed E-state index contributed by atoms with van der Waals surface area (Å²) in [4.78, 5) is 1.31. The smallest absolute Gasteiger partial charge is 0.0449 e. The van der Waals surface area contributed by atoms with Crippen LogP contribution >= 0.6 is 11.3 Å². The van der Waals surface area contributed by atoms with E-state index in [1.807, 2.05) is 0 Å². The van der Waals surface area contributed by atoms with Crippen molar-refractivity contribution < 1.29 is 5.11 Å². The first kappa shape index (κ1) is 13.7. The quantitative estimate of drug-likeness (QED) is 0.830. The van der Waals surface area contributed by atoms with Crippen LogP contribution in [0.3, 0.4) is 0 Å². The number of hydrogen-bond donors (Lipinski definition) is 2. The van der Waals surface area contributed by atoms with Gasteiger partial charge in [-0.25, -0.2) is 0 Å². The Morgan fingerprint density at radius 2 is 2.12 bits per heavy atom.